The predicted octanol–water partition coefficient (Wildman–Crippen LogP) is 3.45. The third kappa shape index (κ3) is 7.36. The maximum absolute atomic E-state index is 13.6. The number of para-hydroxylation sites is 2. The van der Waals surface area contributed by atoms with E-state index in [4.69, 9.17) is 16.3 Å². The van der Waals surface area contributed by atoms with Crippen LogP contribution in [0.5, 0.6) is 5.75 Å². The Labute approximate surface area is 206 Å². The predicted molar refractivity (Wildman–Crippen MR) is 135 cm³/mol. The van der Waals surface area contributed by atoms with Crippen LogP contribution >= 0.6 is 11.6 Å². The molecule has 2 rings (SSSR count). The van der Waals surface area contributed by atoms with Gasteiger partial charge in [0.25, 0.3) is 0 Å². The maximum atomic E-state index is 13.6. The Bertz CT molecular complexity index is 1080. The van der Waals surface area contributed by atoms with Crippen LogP contribution in [-0.4, -0.2) is 57.1 Å². The van der Waals surface area contributed by atoms with E-state index in [9.17, 15) is 18.0 Å². The third-order valence-corrected chi connectivity index (χ3v) is 6.49. The summed E-state index contributed by atoms with van der Waals surface area (Å²) in [6, 6.07) is 12.8. The summed E-state index contributed by atoms with van der Waals surface area (Å²) >= 11 is 5.99. The van der Waals surface area contributed by atoms with Gasteiger partial charge in [-0.3, -0.25) is 13.9 Å². The van der Waals surface area contributed by atoms with Gasteiger partial charge in [0.15, 0.2) is 0 Å². The number of nitrogens with zero attached hydrogens (tertiary/aromatic N) is 2. The van der Waals surface area contributed by atoms with E-state index in [0.29, 0.717) is 30.3 Å². The molecule has 0 fully saturated rings. The standard InChI is InChI=1S/C24H32ClN3O5S/c1-5-20(24(30)26-6-2)27(16-18-12-14-19(25)15-13-18)23(29)17-28(34(4,31)32)21-10-8-9-11-22(21)33-7-3/h8-15,20H,5-7,16-17H2,1-4H3,(H,26,30)/t20-/m0/s1. The fourth-order valence-corrected chi connectivity index (χ4v) is 4.51. The zero-order chi connectivity index (χ0) is 25.3. The number of sulfonamides is 1. The van der Waals surface area contributed by atoms with Gasteiger partial charge in [-0.2, -0.15) is 0 Å². The quantitative estimate of drug-likeness (QED) is 0.472. The Kier molecular flexibility index (Phi) is 10.2. The van der Waals surface area contributed by atoms with E-state index in [1.165, 1.54) is 4.90 Å². The minimum Gasteiger partial charge on any atom is -0.492 e. The summed E-state index contributed by atoms with van der Waals surface area (Å²) in [5.41, 5.74) is 1.03. The number of halogens is 1. The number of hydrogen-bond acceptors (Lipinski definition) is 5. The molecule has 1 N–H and O–H groups in total. The van der Waals surface area contributed by atoms with Gasteiger partial charge in [0, 0.05) is 18.1 Å². The van der Waals surface area contributed by atoms with Gasteiger partial charge in [-0.05, 0) is 50.1 Å². The van der Waals surface area contributed by atoms with Crippen LogP contribution in [0.3, 0.4) is 0 Å². The van der Waals surface area contributed by atoms with Crippen LogP contribution < -0.4 is 14.4 Å². The Morgan fingerprint density at radius 3 is 2.26 bits per heavy atom. The van der Waals surface area contributed by atoms with E-state index in [0.717, 1.165) is 16.1 Å². The Morgan fingerprint density at radius 1 is 1.06 bits per heavy atom. The average Bonchev–Trinajstić information content (AvgIpc) is 2.78. The summed E-state index contributed by atoms with van der Waals surface area (Å²) in [5, 5.41) is 3.31. The first-order chi connectivity index (χ1) is 16.1. The lowest BCUT2D eigenvalue weighted by atomic mass is 10.1. The van der Waals surface area contributed by atoms with E-state index in [2.05, 4.69) is 5.32 Å². The molecule has 0 aromatic heterocycles. The van der Waals surface area contributed by atoms with Crippen LogP contribution in [-0.2, 0) is 26.2 Å². The molecule has 0 heterocycles. The summed E-state index contributed by atoms with van der Waals surface area (Å²) in [6.07, 6.45) is 1.40. The zero-order valence-electron chi connectivity index (χ0n) is 20.0. The highest BCUT2D eigenvalue weighted by Crippen LogP contribution is 2.30. The van der Waals surface area contributed by atoms with Crippen molar-refractivity contribution in [3.05, 3.63) is 59.1 Å². The van der Waals surface area contributed by atoms with Crippen molar-refractivity contribution >= 4 is 39.1 Å². The Morgan fingerprint density at radius 2 is 1.71 bits per heavy atom. The molecule has 186 valence electrons. The van der Waals surface area contributed by atoms with Crippen molar-refractivity contribution in [1.29, 1.82) is 0 Å². The lowest BCUT2D eigenvalue weighted by Gasteiger charge is -2.33. The van der Waals surface area contributed by atoms with Crippen molar-refractivity contribution < 1.29 is 22.7 Å². The lowest BCUT2D eigenvalue weighted by molar-refractivity contribution is -0.140. The molecule has 0 aliphatic rings. The topological polar surface area (TPSA) is 96.0 Å². The first kappa shape index (κ1) is 27.5. The molecule has 2 aromatic carbocycles. The van der Waals surface area contributed by atoms with E-state index in [1.54, 1.807) is 69.3 Å². The van der Waals surface area contributed by atoms with Gasteiger partial charge in [0.05, 0.1) is 18.6 Å². The fraction of sp³-hybridized carbons (Fsp3) is 0.417. The summed E-state index contributed by atoms with van der Waals surface area (Å²) < 4.78 is 32.1. The monoisotopic (exact) mass is 509 g/mol. The highest BCUT2D eigenvalue weighted by Gasteiger charge is 2.32. The molecule has 0 aliphatic carbocycles. The van der Waals surface area contributed by atoms with Gasteiger partial charge < -0.3 is 15.0 Å². The molecule has 2 amide bonds. The molecule has 0 saturated heterocycles. The normalized spacial score (nSPS) is 12.0. The number of ether oxygens (including phenoxy) is 1. The number of nitrogens with one attached hydrogen (secondary N) is 1. The van der Waals surface area contributed by atoms with Gasteiger partial charge in [-0.1, -0.05) is 42.8 Å². The van der Waals surface area contributed by atoms with E-state index >= 15 is 0 Å². The number of rotatable bonds is 12. The zero-order valence-corrected chi connectivity index (χ0v) is 21.5. The number of likely N-dealkylation sites (N-methyl/N-ethyl adjacent to an activating group) is 1. The first-order valence-corrected chi connectivity index (χ1v) is 13.4. The number of carbonyl (C=O) groups is 2. The summed E-state index contributed by atoms with van der Waals surface area (Å²) in [6.45, 7) is 5.78. The van der Waals surface area contributed by atoms with Crippen molar-refractivity contribution in [2.75, 3.05) is 30.3 Å². The second kappa shape index (κ2) is 12.6. The van der Waals surface area contributed by atoms with Crippen LogP contribution in [0.1, 0.15) is 32.8 Å². The summed E-state index contributed by atoms with van der Waals surface area (Å²) in [5.74, 6) is -0.457. The molecule has 2 aromatic rings. The molecule has 1 atom stereocenters. The second-order valence-corrected chi connectivity index (χ2v) is 9.98. The summed E-state index contributed by atoms with van der Waals surface area (Å²) in [4.78, 5) is 27.8. The minimum atomic E-state index is -3.84. The fourth-order valence-electron chi connectivity index (χ4n) is 3.53. The van der Waals surface area contributed by atoms with E-state index in [-0.39, 0.29) is 18.1 Å². The molecule has 34 heavy (non-hydrogen) atoms. The number of carbonyl (C=O) groups excluding carboxylic acids is 2. The lowest BCUT2D eigenvalue weighted by Crippen LogP contribution is -2.52. The van der Waals surface area contributed by atoms with Crippen molar-refractivity contribution in [3.63, 3.8) is 0 Å². The first-order valence-electron chi connectivity index (χ1n) is 11.1. The van der Waals surface area contributed by atoms with Crippen LogP contribution in [0.2, 0.25) is 5.02 Å². The smallest absolute Gasteiger partial charge is 0.244 e. The molecule has 0 saturated carbocycles. The van der Waals surface area contributed by atoms with Crippen LogP contribution in [0.25, 0.3) is 0 Å². The minimum absolute atomic E-state index is 0.121. The van der Waals surface area contributed by atoms with Crippen molar-refractivity contribution in [3.8, 4) is 5.75 Å². The van der Waals surface area contributed by atoms with Crippen molar-refractivity contribution in [2.45, 2.75) is 39.8 Å². The molecule has 0 aliphatic heterocycles. The molecule has 8 nitrogen and oxygen atoms in total. The molecular formula is C24H32ClN3O5S. The molecule has 0 unspecified atom stereocenters. The van der Waals surface area contributed by atoms with Crippen LogP contribution in [0, 0.1) is 0 Å². The van der Waals surface area contributed by atoms with Gasteiger partial charge >= 0.3 is 0 Å². The van der Waals surface area contributed by atoms with Crippen LogP contribution in [0.4, 0.5) is 5.69 Å². The highest BCUT2D eigenvalue weighted by atomic mass is 35.5. The van der Waals surface area contributed by atoms with Crippen molar-refractivity contribution in [1.82, 2.24) is 10.2 Å². The third-order valence-electron chi connectivity index (χ3n) is 5.12. The van der Waals surface area contributed by atoms with E-state index < -0.39 is 28.5 Å². The number of anilines is 1. The molecule has 0 bridgehead atoms. The second-order valence-electron chi connectivity index (χ2n) is 7.64. The largest absolute Gasteiger partial charge is 0.492 e. The highest BCUT2D eigenvalue weighted by molar-refractivity contribution is 7.92. The van der Waals surface area contributed by atoms with Gasteiger partial charge in [-0.15, -0.1) is 0 Å². The number of amides is 2. The summed E-state index contributed by atoms with van der Waals surface area (Å²) in [7, 11) is -3.84. The molecule has 0 spiro atoms. The Hall–Kier alpha value is -2.78. The van der Waals surface area contributed by atoms with Crippen LogP contribution in [0.15, 0.2) is 48.5 Å². The molecule has 10 heteroatoms. The van der Waals surface area contributed by atoms with Gasteiger partial charge in [0.1, 0.15) is 18.3 Å². The number of benzene rings is 2. The van der Waals surface area contributed by atoms with E-state index in [1.807, 2.05) is 0 Å². The average molecular weight is 510 g/mol. The molecular weight excluding hydrogens is 478 g/mol. The Balaban J connectivity index is 2.46. The number of hydrogen-bond donors (Lipinski definition) is 1. The SMILES string of the molecule is CCNC(=O)[C@H](CC)N(Cc1ccc(Cl)cc1)C(=O)CN(c1ccccc1OCC)S(C)(=O)=O. The van der Waals surface area contributed by atoms with Gasteiger partial charge in [-0.25, -0.2) is 8.42 Å². The maximum Gasteiger partial charge on any atom is 0.244 e. The van der Waals surface area contributed by atoms with Crippen molar-refractivity contribution in [2.24, 2.45) is 0 Å². The van der Waals surface area contributed by atoms with Gasteiger partial charge in [0.2, 0.25) is 21.8 Å². The molecule has 0 radical (unpaired) electrons.